The lowest BCUT2D eigenvalue weighted by molar-refractivity contribution is -0.135. The quantitative estimate of drug-likeness (QED) is 0.736. The molecule has 1 aromatic rings. The number of hydrogen-bond acceptors (Lipinski definition) is 2. The highest BCUT2D eigenvalue weighted by atomic mass is 35.5. The Bertz CT molecular complexity index is 492. The normalized spacial score (nSPS) is 8.53. The van der Waals surface area contributed by atoms with E-state index in [1.54, 1.807) is 12.1 Å². The van der Waals surface area contributed by atoms with Crippen molar-refractivity contribution in [3.05, 3.63) is 34.3 Å². The fraction of sp³-hybridized carbons (Fsp3) is 0.0909. The molecule has 0 radical (unpaired) electrons. The van der Waals surface area contributed by atoms with Gasteiger partial charge in [-0.2, -0.15) is 5.26 Å². The van der Waals surface area contributed by atoms with E-state index in [1.165, 1.54) is 6.07 Å². The first kappa shape index (κ1) is 11.1. The third kappa shape index (κ3) is 3.34. The maximum Gasteiger partial charge on any atom is 0.315 e. The van der Waals surface area contributed by atoms with Gasteiger partial charge in [-0.05, 0) is 18.2 Å². The van der Waals surface area contributed by atoms with Gasteiger partial charge in [0, 0.05) is 5.56 Å². The molecule has 0 aliphatic carbocycles. The molecule has 0 atom stereocenters. The topological polar surface area (TPSA) is 61.1 Å². The Morgan fingerprint density at radius 2 is 2.27 bits per heavy atom. The summed E-state index contributed by atoms with van der Waals surface area (Å²) in [7, 11) is 0. The van der Waals surface area contributed by atoms with E-state index in [0.29, 0.717) is 16.1 Å². The number of nitrogens with zero attached hydrogens (tertiary/aromatic N) is 1. The second kappa shape index (κ2) is 5.05. The van der Waals surface area contributed by atoms with Gasteiger partial charge in [0.25, 0.3) is 0 Å². The van der Waals surface area contributed by atoms with E-state index >= 15 is 0 Å². The number of aliphatic carboxylic acids is 1. The van der Waals surface area contributed by atoms with Crippen LogP contribution in [0.1, 0.15) is 17.5 Å². The van der Waals surface area contributed by atoms with E-state index in [4.69, 9.17) is 22.0 Å². The van der Waals surface area contributed by atoms with Gasteiger partial charge >= 0.3 is 5.97 Å². The molecular formula is C11H6ClNO2. The lowest BCUT2D eigenvalue weighted by atomic mass is 10.1. The fourth-order valence-electron chi connectivity index (χ4n) is 0.911. The minimum Gasteiger partial charge on any atom is -0.481 e. The molecule has 0 aliphatic rings. The standard InChI is InChI=1S/C11H6ClNO2/c12-10-5-4-8(6-9(10)7-13)2-1-3-11(14)15/h4-6H,3H2,(H,14,15). The molecule has 0 aromatic heterocycles. The van der Waals surface area contributed by atoms with Gasteiger partial charge < -0.3 is 5.11 Å². The van der Waals surface area contributed by atoms with Crippen molar-refractivity contribution in [3.63, 3.8) is 0 Å². The van der Waals surface area contributed by atoms with E-state index < -0.39 is 5.97 Å². The van der Waals surface area contributed by atoms with Crippen molar-refractivity contribution in [3.8, 4) is 17.9 Å². The highest BCUT2D eigenvalue weighted by Gasteiger charge is 1.98. The summed E-state index contributed by atoms with van der Waals surface area (Å²) in [6, 6.07) is 6.64. The molecule has 0 unspecified atom stereocenters. The molecule has 0 saturated heterocycles. The van der Waals surface area contributed by atoms with Gasteiger partial charge in [0.05, 0.1) is 10.6 Å². The summed E-state index contributed by atoms with van der Waals surface area (Å²) >= 11 is 5.72. The van der Waals surface area contributed by atoms with Crippen molar-refractivity contribution in [1.29, 1.82) is 5.26 Å². The van der Waals surface area contributed by atoms with Gasteiger partial charge in [0.15, 0.2) is 0 Å². The van der Waals surface area contributed by atoms with E-state index in [1.807, 2.05) is 6.07 Å². The van der Waals surface area contributed by atoms with Crippen molar-refractivity contribution < 1.29 is 9.90 Å². The molecule has 4 heteroatoms. The van der Waals surface area contributed by atoms with Crippen molar-refractivity contribution >= 4 is 17.6 Å². The van der Waals surface area contributed by atoms with Crippen LogP contribution in [0, 0.1) is 23.2 Å². The minimum absolute atomic E-state index is 0.218. The Morgan fingerprint density at radius 1 is 1.53 bits per heavy atom. The average Bonchev–Trinajstić information content (AvgIpc) is 2.20. The van der Waals surface area contributed by atoms with Gasteiger partial charge in [-0.1, -0.05) is 23.4 Å². The number of halogens is 1. The molecule has 0 bridgehead atoms. The smallest absolute Gasteiger partial charge is 0.315 e. The summed E-state index contributed by atoms with van der Waals surface area (Å²) in [4.78, 5) is 10.2. The average molecular weight is 220 g/mol. The zero-order valence-corrected chi connectivity index (χ0v) is 8.38. The van der Waals surface area contributed by atoms with Crippen molar-refractivity contribution in [2.24, 2.45) is 0 Å². The predicted octanol–water partition coefficient (Wildman–Crippen LogP) is 2.04. The number of benzene rings is 1. The Hall–Kier alpha value is -1.97. The second-order valence-electron chi connectivity index (χ2n) is 2.68. The summed E-state index contributed by atoms with van der Waals surface area (Å²) in [5.74, 6) is 4.13. The summed E-state index contributed by atoms with van der Waals surface area (Å²) in [5.41, 5.74) is 0.913. The van der Waals surface area contributed by atoms with Crippen LogP contribution in [0.15, 0.2) is 18.2 Å². The summed E-state index contributed by atoms with van der Waals surface area (Å²) in [5, 5.41) is 17.4. The predicted molar refractivity (Wildman–Crippen MR) is 55.3 cm³/mol. The van der Waals surface area contributed by atoms with Crippen LogP contribution in [-0.2, 0) is 4.79 Å². The second-order valence-corrected chi connectivity index (χ2v) is 3.09. The lowest BCUT2D eigenvalue weighted by Crippen LogP contribution is -1.90. The lowest BCUT2D eigenvalue weighted by Gasteiger charge is -1.94. The minimum atomic E-state index is -0.975. The zero-order valence-electron chi connectivity index (χ0n) is 7.62. The molecule has 0 heterocycles. The van der Waals surface area contributed by atoms with Crippen molar-refractivity contribution in [2.75, 3.05) is 0 Å². The molecule has 0 fully saturated rings. The molecule has 0 aliphatic heterocycles. The highest BCUT2D eigenvalue weighted by molar-refractivity contribution is 6.31. The maximum absolute atomic E-state index is 10.2. The van der Waals surface area contributed by atoms with E-state index in [-0.39, 0.29) is 6.42 Å². The van der Waals surface area contributed by atoms with Gasteiger partial charge in [0.2, 0.25) is 0 Å². The first-order chi connectivity index (χ1) is 7.13. The van der Waals surface area contributed by atoms with Gasteiger partial charge in [0.1, 0.15) is 12.5 Å². The molecule has 74 valence electrons. The van der Waals surface area contributed by atoms with E-state index in [9.17, 15) is 4.79 Å². The van der Waals surface area contributed by atoms with Crippen LogP contribution in [0.2, 0.25) is 5.02 Å². The van der Waals surface area contributed by atoms with Crippen LogP contribution in [-0.4, -0.2) is 11.1 Å². The van der Waals surface area contributed by atoms with Crippen LogP contribution in [0.3, 0.4) is 0 Å². The first-order valence-corrected chi connectivity index (χ1v) is 4.41. The summed E-state index contributed by atoms with van der Waals surface area (Å²) in [6.45, 7) is 0. The van der Waals surface area contributed by atoms with Crippen LogP contribution < -0.4 is 0 Å². The SMILES string of the molecule is N#Cc1cc(C#CCC(=O)O)ccc1Cl. The van der Waals surface area contributed by atoms with E-state index in [0.717, 1.165) is 0 Å². The molecule has 0 spiro atoms. The van der Waals surface area contributed by atoms with Crippen LogP contribution >= 0.6 is 11.6 Å². The number of carboxylic acid groups (broad SMARTS) is 1. The Balaban J connectivity index is 2.92. The number of nitriles is 1. The number of carbonyl (C=O) groups is 1. The number of rotatable bonds is 1. The van der Waals surface area contributed by atoms with Crippen LogP contribution in [0.4, 0.5) is 0 Å². The molecule has 1 rings (SSSR count). The first-order valence-electron chi connectivity index (χ1n) is 4.04. The molecular weight excluding hydrogens is 214 g/mol. The third-order valence-corrected chi connectivity index (χ3v) is 1.89. The number of hydrogen-bond donors (Lipinski definition) is 1. The molecule has 1 N–H and O–H groups in total. The highest BCUT2D eigenvalue weighted by Crippen LogP contribution is 2.15. The molecule has 1 aromatic carbocycles. The van der Waals surface area contributed by atoms with Gasteiger partial charge in [-0.15, -0.1) is 0 Å². The Kier molecular flexibility index (Phi) is 3.74. The molecule has 15 heavy (non-hydrogen) atoms. The van der Waals surface area contributed by atoms with Crippen LogP contribution in [0.5, 0.6) is 0 Å². The number of carboxylic acids is 1. The van der Waals surface area contributed by atoms with Crippen LogP contribution in [0.25, 0.3) is 0 Å². The Labute approximate surface area is 91.9 Å². The fourth-order valence-corrected chi connectivity index (χ4v) is 1.07. The monoisotopic (exact) mass is 219 g/mol. The van der Waals surface area contributed by atoms with Gasteiger partial charge in [-0.3, -0.25) is 4.79 Å². The molecule has 0 saturated carbocycles. The zero-order chi connectivity index (χ0) is 11.3. The summed E-state index contributed by atoms with van der Waals surface area (Å²) in [6.07, 6.45) is -0.218. The summed E-state index contributed by atoms with van der Waals surface area (Å²) < 4.78 is 0. The molecule has 0 amide bonds. The third-order valence-electron chi connectivity index (χ3n) is 1.56. The largest absolute Gasteiger partial charge is 0.481 e. The van der Waals surface area contributed by atoms with Crippen molar-refractivity contribution in [2.45, 2.75) is 6.42 Å². The maximum atomic E-state index is 10.2. The van der Waals surface area contributed by atoms with Gasteiger partial charge in [-0.25, -0.2) is 0 Å². The van der Waals surface area contributed by atoms with Crippen molar-refractivity contribution in [1.82, 2.24) is 0 Å². The Morgan fingerprint density at radius 3 is 2.87 bits per heavy atom. The molecule has 3 nitrogen and oxygen atoms in total. The van der Waals surface area contributed by atoms with E-state index in [2.05, 4.69) is 11.8 Å².